The van der Waals surface area contributed by atoms with Gasteiger partial charge in [-0.3, -0.25) is 9.11 Å². The molecular weight excluding hydrogens is 536 g/mol. The first-order chi connectivity index (χ1) is 17.1. The summed E-state index contributed by atoms with van der Waals surface area (Å²) in [5.41, 5.74) is 2.50. The number of rotatable bonds is 22. The molecule has 0 aromatic heterocycles. The third kappa shape index (κ3) is 16.7. The summed E-state index contributed by atoms with van der Waals surface area (Å²) in [5, 5.41) is 11.9. The highest BCUT2D eigenvalue weighted by molar-refractivity contribution is 7.94. The second kappa shape index (κ2) is 18.3. The molecule has 0 atom stereocenters. The van der Waals surface area contributed by atoms with Crippen LogP contribution in [0.5, 0.6) is 5.75 Å². The molecule has 0 saturated heterocycles. The van der Waals surface area contributed by atoms with Gasteiger partial charge in [-0.1, -0.05) is 23.6 Å². The maximum absolute atomic E-state index is 11.2. The number of hydrogen-bond acceptors (Lipinski definition) is 10. The van der Waals surface area contributed by atoms with Gasteiger partial charge < -0.3 is 9.47 Å². The summed E-state index contributed by atoms with van der Waals surface area (Å²) in [6.45, 7) is 1.19. The number of benzene rings is 1. The van der Waals surface area contributed by atoms with Gasteiger partial charge in [0.25, 0.3) is 20.2 Å². The monoisotopic (exact) mass is 574 g/mol. The van der Waals surface area contributed by atoms with Crippen LogP contribution in [0.4, 0.5) is 0 Å². The van der Waals surface area contributed by atoms with Crippen LogP contribution in [0.15, 0.2) is 12.1 Å². The number of aryl methyl sites for hydroxylation is 3. The fourth-order valence-corrected chi connectivity index (χ4v) is 5.08. The van der Waals surface area contributed by atoms with Crippen molar-refractivity contribution < 1.29 is 50.0 Å². The normalized spacial score (nSPS) is 12.2. The van der Waals surface area contributed by atoms with Crippen molar-refractivity contribution >= 4 is 32.3 Å². The summed E-state index contributed by atoms with van der Waals surface area (Å²) in [5.74, 6) is 0.426. The molecule has 0 bridgehead atoms. The zero-order chi connectivity index (χ0) is 26.9. The minimum atomic E-state index is -4.11. The van der Waals surface area contributed by atoms with Crippen LogP contribution in [-0.2, 0) is 53.6 Å². The van der Waals surface area contributed by atoms with E-state index in [0.717, 1.165) is 54.4 Å². The summed E-state index contributed by atoms with van der Waals surface area (Å²) in [6, 6.07) is 3.79. The van der Waals surface area contributed by atoms with Crippen molar-refractivity contribution in [1.82, 2.24) is 0 Å². The van der Waals surface area contributed by atoms with Crippen molar-refractivity contribution in [3.8, 4) is 5.75 Å². The van der Waals surface area contributed by atoms with Crippen molar-refractivity contribution in [3.63, 3.8) is 0 Å². The molecule has 0 radical (unpaired) electrons. The first-order valence-corrected chi connectivity index (χ1v) is 15.9. The molecule has 1 aromatic rings. The average molecular weight is 575 g/mol. The van der Waals surface area contributed by atoms with Crippen LogP contribution in [0.25, 0.3) is 0 Å². The Hall–Kier alpha value is -0.970. The van der Waals surface area contributed by atoms with Gasteiger partial charge in [0.1, 0.15) is 5.75 Å². The van der Waals surface area contributed by atoms with Gasteiger partial charge in [-0.25, -0.2) is 5.26 Å². The highest BCUT2D eigenvalue weighted by atomic mass is 32.2. The van der Waals surface area contributed by atoms with Gasteiger partial charge in [-0.15, -0.1) is 4.33 Å². The molecule has 0 aliphatic rings. The van der Waals surface area contributed by atoms with Gasteiger partial charge in [0.2, 0.25) is 0 Å². The van der Waals surface area contributed by atoms with Crippen molar-refractivity contribution in [3.05, 3.63) is 28.8 Å². The van der Waals surface area contributed by atoms with Crippen LogP contribution in [0, 0.1) is 0 Å². The topological polar surface area (TPSA) is 166 Å². The first-order valence-electron chi connectivity index (χ1n) is 11.8. The maximum Gasteiger partial charge on any atom is 0.264 e. The lowest BCUT2D eigenvalue weighted by molar-refractivity contribution is -0.432. The lowest BCUT2D eigenvalue weighted by atomic mass is 9.96. The summed E-state index contributed by atoms with van der Waals surface area (Å²) in [7, 11) is -6.51. The SMILES string of the molecule is COCCCCCCOc1c(CCCSOOO)cc(CCCS(=O)(=O)O)cc1CCCS(=O)(=O)O. The van der Waals surface area contributed by atoms with Crippen molar-refractivity contribution in [2.45, 2.75) is 64.2 Å². The largest absolute Gasteiger partial charge is 0.493 e. The molecule has 0 amide bonds. The quantitative estimate of drug-likeness (QED) is 0.0601. The Bertz CT molecular complexity index is 950. The fraction of sp³-hybridized carbons (Fsp3) is 0.727. The molecule has 0 aliphatic carbocycles. The summed E-state index contributed by atoms with van der Waals surface area (Å²) >= 11 is 0.939. The standard InChI is InChI=1S/C22H38O11S3/c1-30-12-4-2-3-5-13-31-22-20(10-6-14-34-33-32-23)17-19(9-7-15-35(24,25)26)18-21(22)11-8-16-36(27,28)29/h17-18,23H,2-16H2,1H3,(H,24,25,26)(H,27,28,29). The molecule has 1 aromatic carbocycles. The summed E-state index contributed by atoms with van der Waals surface area (Å²) in [4.78, 5) is 0. The second-order valence-electron chi connectivity index (χ2n) is 8.35. The van der Waals surface area contributed by atoms with Crippen LogP contribution in [-0.4, -0.2) is 68.8 Å². The zero-order valence-corrected chi connectivity index (χ0v) is 23.0. The lowest BCUT2D eigenvalue weighted by Gasteiger charge is -2.18. The third-order valence-corrected chi connectivity index (χ3v) is 7.48. The molecule has 0 unspecified atom stereocenters. The van der Waals surface area contributed by atoms with Gasteiger partial charge in [0.15, 0.2) is 0 Å². The van der Waals surface area contributed by atoms with E-state index in [1.54, 1.807) is 7.11 Å². The van der Waals surface area contributed by atoms with Gasteiger partial charge in [0, 0.05) is 31.5 Å². The van der Waals surface area contributed by atoms with E-state index < -0.39 is 20.2 Å². The Morgan fingerprint density at radius 1 is 0.778 bits per heavy atom. The zero-order valence-electron chi connectivity index (χ0n) is 20.6. The Balaban J connectivity index is 3.05. The van der Waals surface area contributed by atoms with Crippen molar-refractivity contribution in [2.24, 2.45) is 0 Å². The molecular formula is C22H38O11S3. The molecule has 210 valence electrons. The maximum atomic E-state index is 11.2. The van der Waals surface area contributed by atoms with E-state index in [0.29, 0.717) is 50.4 Å². The van der Waals surface area contributed by atoms with E-state index in [4.69, 9.17) is 23.8 Å². The first kappa shape index (κ1) is 33.1. The van der Waals surface area contributed by atoms with E-state index in [1.807, 2.05) is 12.1 Å². The Labute approximate surface area is 218 Å². The van der Waals surface area contributed by atoms with E-state index >= 15 is 0 Å². The van der Waals surface area contributed by atoms with Crippen LogP contribution >= 0.6 is 12.0 Å². The predicted molar refractivity (Wildman–Crippen MR) is 137 cm³/mol. The van der Waals surface area contributed by atoms with Gasteiger partial charge in [-0.05, 0) is 74.5 Å². The molecule has 0 heterocycles. The highest BCUT2D eigenvalue weighted by Gasteiger charge is 2.15. The Morgan fingerprint density at radius 2 is 1.33 bits per heavy atom. The Kier molecular flexibility index (Phi) is 16.8. The molecule has 36 heavy (non-hydrogen) atoms. The molecule has 11 nitrogen and oxygen atoms in total. The molecule has 0 fully saturated rings. The minimum absolute atomic E-state index is 0.192. The predicted octanol–water partition coefficient (Wildman–Crippen LogP) is 3.92. The fourth-order valence-electron chi connectivity index (χ4n) is 3.68. The number of hydrogen-bond donors (Lipinski definition) is 3. The van der Waals surface area contributed by atoms with E-state index in [-0.39, 0.29) is 24.3 Å². The summed E-state index contributed by atoms with van der Waals surface area (Å²) < 4.78 is 78.4. The average Bonchev–Trinajstić information content (AvgIpc) is 2.78. The number of methoxy groups -OCH3 is 1. The minimum Gasteiger partial charge on any atom is -0.493 e. The summed E-state index contributed by atoms with van der Waals surface area (Å²) in [6.07, 6.45) is 6.19. The van der Waals surface area contributed by atoms with Gasteiger partial charge in [-0.2, -0.15) is 16.8 Å². The highest BCUT2D eigenvalue weighted by Crippen LogP contribution is 2.30. The van der Waals surface area contributed by atoms with Crippen LogP contribution in [0.3, 0.4) is 0 Å². The van der Waals surface area contributed by atoms with E-state index in [1.165, 1.54) is 0 Å². The van der Waals surface area contributed by atoms with Gasteiger partial charge >= 0.3 is 0 Å². The molecule has 14 heteroatoms. The Morgan fingerprint density at radius 3 is 1.89 bits per heavy atom. The van der Waals surface area contributed by atoms with Crippen molar-refractivity contribution in [1.29, 1.82) is 0 Å². The molecule has 0 spiro atoms. The van der Waals surface area contributed by atoms with Crippen LogP contribution in [0.1, 0.15) is 61.6 Å². The van der Waals surface area contributed by atoms with E-state index in [2.05, 4.69) is 9.37 Å². The lowest BCUT2D eigenvalue weighted by Crippen LogP contribution is -2.09. The van der Waals surface area contributed by atoms with Crippen molar-refractivity contribution in [2.75, 3.05) is 37.6 Å². The van der Waals surface area contributed by atoms with Crippen LogP contribution in [0.2, 0.25) is 0 Å². The second-order valence-corrected chi connectivity index (χ2v) is 12.3. The number of ether oxygens (including phenoxy) is 2. The molecule has 3 N–H and O–H groups in total. The molecule has 0 aliphatic heterocycles. The van der Waals surface area contributed by atoms with Gasteiger partial charge in [0.05, 0.1) is 18.1 Å². The van der Waals surface area contributed by atoms with Crippen LogP contribution < -0.4 is 4.74 Å². The third-order valence-electron chi connectivity index (χ3n) is 5.26. The smallest absolute Gasteiger partial charge is 0.264 e. The van der Waals surface area contributed by atoms with E-state index in [9.17, 15) is 16.8 Å². The molecule has 1 rings (SSSR count). The number of unbranched alkanes of at least 4 members (excludes halogenated alkanes) is 3. The molecule has 0 saturated carbocycles.